The van der Waals surface area contributed by atoms with Gasteiger partial charge in [-0.1, -0.05) is 31.0 Å². The van der Waals surface area contributed by atoms with Crippen LogP contribution in [0.5, 0.6) is 0 Å². The molecule has 0 aromatic heterocycles. The largest absolute Gasteiger partial charge is 0.480 e. The summed E-state index contributed by atoms with van der Waals surface area (Å²) in [5, 5.41) is 9.54. The molecule has 2 fully saturated rings. The van der Waals surface area contributed by atoms with Crippen molar-refractivity contribution in [2.45, 2.75) is 50.7 Å². The van der Waals surface area contributed by atoms with Gasteiger partial charge in [0.05, 0.1) is 6.54 Å². The number of halogens is 2. The van der Waals surface area contributed by atoms with Crippen LogP contribution in [0.4, 0.5) is 4.39 Å². The molecule has 26 heavy (non-hydrogen) atoms. The van der Waals surface area contributed by atoms with Crippen LogP contribution in [0.3, 0.4) is 0 Å². The lowest BCUT2D eigenvalue weighted by Gasteiger charge is -2.33. The normalized spacial score (nSPS) is 25.2. The quantitative estimate of drug-likeness (QED) is 0.847. The van der Waals surface area contributed by atoms with E-state index in [4.69, 9.17) is 0 Å². The first-order valence-corrected chi connectivity index (χ1v) is 8.93. The van der Waals surface area contributed by atoms with E-state index in [-0.39, 0.29) is 43.3 Å². The zero-order chi connectivity index (χ0) is 18.0. The SMILES string of the molecule is CN(Cc1ccccc1F)C(=O)CN1C(C(=O)O)CC2CCCCC21.Cl. The van der Waals surface area contributed by atoms with Gasteiger partial charge in [0.15, 0.2) is 0 Å². The lowest BCUT2D eigenvalue weighted by atomic mass is 9.85. The van der Waals surface area contributed by atoms with Gasteiger partial charge in [-0.25, -0.2) is 4.39 Å². The van der Waals surface area contributed by atoms with Gasteiger partial charge in [0.25, 0.3) is 0 Å². The monoisotopic (exact) mass is 384 g/mol. The number of likely N-dealkylation sites (tertiary alicyclic amines) is 1. The van der Waals surface area contributed by atoms with E-state index in [9.17, 15) is 19.1 Å². The van der Waals surface area contributed by atoms with E-state index < -0.39 is 12.0 Å². The Balaban J connectivity index is 0.00000243. The van der Waals surface area contributed by atoms with Gasteiger partial charge in [0.2, 0.25) is 5.91 Å². The van der Waals surface area contributed by atoms with Crippen LogP contribution >= 0.6 is 12.4 Å². The molecule has 1 amide bonds. The van der Waals surface area contributed by atoms with Gasteiger partial charge < -0.3 is 10.0 Å². The van der Waals surface area contributed by atoms with E-state index >= 15 is 0 Å². The van der Waals surface area contributed by atoms with Gasteiger partial charge in [-0.2, -0.15) is 0 Å². The van der Waals surface area contributed by atoms with Crippen molar-refractivity contribution in [1.82, 2.24) is 9.80 Å². The van der Waals surface area contributed by atoms with Gasteiger partial charge in [-0.05, 0) is 31.2 Å². The Hall–Kier alpha value is -1.66. The Morgan fingerprint density at radius 2 is 1.96 bits per heavy atom. The van der Waals surface area contributed by atoms with E-state index in [0.717, 1.165) is 25.7 Å². The van der Waals surface area contributed by atoms with Crippen molar-refractivity contribution in [3.05, 3.63) is 35.6 Å². The van der Waals surface area contributed by atoms with Crippen LogP contribution in [0.15, 0.2) is 24.3 Å². The molecule has 2 aliphatic rings. The highest BCUT2D eigenvalue weighted by Gasteiger charge is 2.45. The lowest BCUT2D eigenvalue weighted by molar-refractivity contribution is -0.144. The molecule has 1 heterocycles. The minimum atomic E-state index is -0.848. The molecule has 1 N–H and O–H groups in total. The highest BCUT2D eigenvalue weighted by molar-refractivity contribution is 5.85. The van der Waals surface area contributed by atoms with Gasteiger partial charge in [-0.3, -0.25) is 14.5 Å². The highest BCUT2D eigenvalue weighted by Crippen LogP contribution is 2.39. The molecule has 1 saturated carbocycles. The van der Waals surface area contributed by atoms with E-state index in [0.29, 0.717) is 17.9 Å². The fraction of sp³-hybridized carbons (Fsp3) is 0.579. The molecule has 1 aliphatic heterocycles. The molecule has 5 nitrogen and oxygen atoms in total. The average Bonchev–Trinajstić information content (AvgIpc) is 2.96. The molecule has 144 valence electrons. The van der Waals surface area contributed by atoms with Crippen molar-refractivity contribution in [1.29, 1.82) is 0 Å². The van der Waals surface area contributed by atoms with Crippen molar-refractivity contribution < 1.29 is 19.1 Å². The molecular formula is C19H26ClFN2O3. The highest BCUT2D eigenvalue weighted by atomic mass is 35.5. The van der Waals surface area contributed by atoms with Crippen molar-refractivity contribution in [3.63, 3.8) is 0 Å². The van der Waals surface area contributed by atoms with Crippen LogP contribution in [0, 0.1) is 11.7 Å². The fourth-order valence-corrected chi connectivity index (χ4v) is 4.27. The van der Waals surface area contributed by atoms with E-state index in [1.54, 1.807) is 25.2 Å². The third kappa shape index (κ3) is 4.35. The van der Waals surface area contributed by atoms with Gasteiger partial charge in [-0.15, -0.1) is 12.4 Å². The first-order chi connectivity index (χ1) is 12.0. The van der Waals surface area contributed by atoms with Crippen LogP contribution in [0.1, 0.15) is 37.7 Å². The van der Waals surface area contributed by atoms with Gasteiger partial charge in [0.1, 0.15) is 11.9 Å². The number of carboxylic acid groups (broad SMARTS) is 1. The van der Waals surface area contributed by atoms with Crippen LogP contribution < -0.4 is 0 Å². The fourth-order valence-electron chi connectivity index (χ4n) is 4.27. The predicted molar refractivity (Wildman–Crippen MR) is 98.6 cm³/mol. The Kier molecular flexibility index (Phi) is 7.01. The number of nitrogens with zero attached hydrogens (tertiary/aromatic N) is 2. The summed E-state index contributed by atoms with van der Waals surface area (Å²) in [4.78, 5) is 27.6. The summed E-state index contributed by atoms with van der Waals surface area (Å²) >= 11 is 0. The number of benzene rings is 1. The lowest BCUT2D eigenvalue weighted by Crippen LogP contribution is -2.47. The minimum Gasteiger partial charge on any atom is -0.480 e. The number of fused-ring (bicyclic) bond motifs is 1. The number of carboxylic acids is 1. The zero-order valence-electron chi connectivity index (χ0n) is 14.9. The van der Waals surface area contributed by atoms with Crippen LogP contribution in [-0.4, -0.2) is 52.5 Å². The van der Waals surface area contributed by atoms with E-state index in [2.05, 4.69) is 0 Å². The summed E-state index contributed by atoms with van der Waals surface area (Å²) in [7, 11) is 1.64. The van der Waals surface area contributed by atoms with E-state index in [1.165, 1.54) is 11.0 Å². The maximum absolute atomic E-state index is 13.8. The predicted octanol–water partition coefficient (Wildman–Crippen LogP) is 2.92. The topological polar surface area (TPSA) is 60.9 Å². The number of aliphatic carboxylic acids is 1. The molecule has 1 aromatic rings. The van der Waals surface area contributed by atoms with Crippen LogP contribution in [0.2, 0.25) is 0 Å². The van der Waals surface area contributed by atoms with Crippen LogP contribution in [0.25, 0.3) is 0 Å². The zero-order valence-corrected chi connectivity index (χ0v) is 15.8. The second-order valence-corrected chi connectivity index (χ2v) is 7.22. The maximum atomic E-state index is 13.8. The Bertz CT molecular complexity index is 657. The summed E-state index contributed by atoms with van der Waals surface area (Å²) in [6.07, 6.45) is 4.86. The number of hydrogen-bond acceptors (Lipinski definition) is 3. The third-order valence-corrected chi connectivity index (χ3v) is 5.62. The molecule has 0 spiro atoms. The maximum Gasteiger partial charge on any atom is 0.320 e. The van der Waals surface area contributed by atoms with Crippen molar-refractivity contribution >= 4 is 24.3 Å². The average molecular weight is 385 g/mol. The summed E-state index contributed by atoms with van der Waals surface area (Å²) in [6.45, 7) is 0.272. The number of rotatable bonds is 5. The first-order valence-electron chi connectivity index (χ1n) is 8.93. The number of likely N-dealkylation sites (N-methyl/N-ethyl adjacent to an activating group) is 1. The van der Waals surface area contributed by atoms with Gasteiger partial charge in [0, 0.05) is 25.2 Å². The molecule has 7 heteroatoms. The Morgan fingerprint density at radius 1 is 1.27 bits per heavy atom. The summed E-state index contributed by atoms with van der Waals surface area (Å²) < 4.78 is 13.8. The molecule has 1 aromatic carbocycles. The van der Waals surface area contributed by atoms with Crippen molar-refractivity contribution in [2.24, 2.45) is 5.92 Å². The molecule has 3 rings (SSSR count). The molecule has 1 saturated heterocycles. The van der Waals surface area contributed by atoms with E-state index in [1.807, 2.05) is 4.90 Å². The van der Waals surface area contributed by atoms with Gasteiger partial charge >= 0.3 is 5.97 Å². The number of hydrogen-bond donors (Lipinski definition) is 1. The molecule has 3 unspecified atom stereocenters. The number of carbonyl (C=O) groups excluding carboxylic acids is 1. The Labute approximate surface area is 159 Å². The van der Waals surface area contributed by atoms with Crippen LogP contribution in [-0.2, 0) is 16.1 Å². The summed E-state index contributed by atoms with van der Waals surface area (Å²) in [6, 6.07) is 5.99. The summed E-state index contributed by atoms with van der Waals surface area (Å²) in [5.74, 6) is -0.974. The van der Waals surface area contributed by atoms with Crippen molar-refractivity contribution in [2.75, 3.05) is 13.6 Å². The molecule has 3 atom stereocenters. The molecule has 0 bridgehead atoms. The third-order valence-electron chi connectivity index (χ3n) is 5.62. The minimum absolute atomic E-state index is 0. The number of carbonyl (C=O) groups is 2. The smallest absolute Gasteiger partial charge is 0.320 e. The Morgan fingerprint density at radius 3 is 2.65 bits per heavy atom. The standard InChI is InChI=1S/C19H25FN2O3.ClH/c1-21(11-14-7-2-4-8-15(14)20)18(23)12-22-16-9-5-3-6-13(16)10-17(22)19(24)25;/h2,4,7-8,13,16-17H,3,5-6,9-12H2,1H3,(H,24,25);1H. The molecule has 1 aliphatic carbocycles. The molecular weight excluding hydrogens is 359 g/mol. The molecule has 0 radical (unpaired) electrons. The summed E-state index contributed by atoms with van der Waals surface area (Å²) in [5.41, 5.74) is 0.463. The first kappa shape index (κ1) is 20.6. The second-order valence-electron chi connectivity index (χ2n) is 7.22. The number of amides is 1. The van der Waals surface area contributed by atoms with Crippen molar-refractivity contribution in [3.8, 4) is 0 Å². The second kappa shape index (κ2) is 8.82.